The molecule has 20 heavy (non-hydrogen) atoms. The summed E-state index contributed by atoms with van der Waals surface area (Å²) in [7, 11) is 0. The number of nitrogens with one attached hydrogen (secondary N) is 2. The van der Waals surface area contributed by atoms with Gasteiger partial charge in [-0.2, -0.15) is 0 Å². The molecule has 0 unspecified atom stereocenters. The lowest BCUT2D eigenvalue weighted by atomic mass is 10.00. The second kappa shape index (κ2) is 6.41. The van der Waals surface area contributed by atoms with E-state index in [4.69, 9.17) is 0 Å². The Labute approximate surface area is 119 Å². The Kier molecular flexibility index (Phi) is 4.61. The molecule has 0 saturated carbocycles. The molecule has 0 bridgehead atoms. The molecule has 1 aromatic carbocycles. The first-order valence-corrected chi connectivity index (χ1v) is 6.98. The van der Waals surface area contributed by atoms with Gasteiger partial charge in [-0.1, -0.05) is 6.92 Å². The van der Waals surface area contributed by atoms with Crippen molar-refractivity contribution in [2.75, 3.05) is 23.7 Å². The van der Waals surface area contributed by atoms with Gasteiger partial charge in [-0.15, -0.1) is 0 Å². The van der Waals surface area contributed by atoms with Gasteiger partial charge in [0.2, 0.25) is 5.91 Å². The molecule has 5 heteroatoms. The second-order valence-corrected chi connectivity index (χ2v) is 5.36. The zero-order chi connectivity index (χ0) is 14.5. The monoisotopic (exact) mass is 275 g/mol. The highest BCUT2D eigenvalue weighted by molar-refractivity contribution is 5.91. The van der Waals surface area contributed by atoms with E-state index in [-0.39, 0.29) is 11.9 Å². The third-order valence-electron chi connectivity index (χ3n) is 3.53. The lowest BCUT2D eigenvalue weighted by Gasteiger charge is -2.30. The summed E-state index contributed by atoms with van der Waals surface area (Å²) in [5.41, 5.74) is 1.46. The average Bonchev–Trinajstić information content (AvgIpc) is 2.41. The minimum atomic E-state index is -0.107. The van der Waals surface area contributed by atoms with Gasteiger partial charge in [0.25, 0.3) is 0 Å². The smallest absolute Gasteiger partial charge is 0.321 e. The molecule has 108 valence electrons. The highest BCUT2D eigenvalue weighted by Crippen LogP contribution is 2.18. The van der Waals surface area contributed by atoms with Crippen molar-refractivity contribution < 1.29 is 9.59 Å². The van der Waals surface area contributed by atoms with Gasteiger partial charge in [0.1, 0.15) is 0 Å². The van der Waals surface area contributed by atoms with Crippen LogP contribution >= 0.6 is 0 Å². The molecule has 0 atom stereocenters. The lowest BCUT2D eigenvalue weighted by Crippen LogP contribution is -2.40. The molecule has 0 aliphatic carbocycles. The molecule has 1 aromatic rings. The van der Waals surface area contributed by atoms with Gasteiger partial charge >= 0.3 is 6.03 Å². The second-order valence-electron chi connectivity index (χ2n) is 5.36. The molecule has 2 N–H and O–H groups in total. The lowest BCUT2D eigenvalue weighted by molar-refractivity contribution is -0.114. The van der Waals surface area contributed by atoms with E-state index in [2.05, 4.69) is 17.6 Å². The van der Waals surface area contributed by atoms with E-state index in [9.17, 15) is 9.59 Å². The van der Waals surface area contributed by atoms with E-state index >= 15 is 0 Å². The number of piperidine rings is 1. The fourth-order valence-electron chi connectivity index (χ4n) is 2.25. The minimum absolute atomic E-state index is 0.0517. The van der Waals surface area contributed by atoms with Crippen LogP contribution in [0.2, 0.25) is 0 Å². The summed E-state index contributed by atoms with van der Waals surface area (Å²) < 4.78 is 0. The Morgan fingerprint density at radius 3 is 2.05 bits per heavy atom. The maximum Gasteiger partial charge on any atom is 0.321 e. The summed E-state index contributed by atoms with van der Waals surface area (Å²) in [4.78, 5) is 24.9. The van der Waals surface area contributed by atoms with Gasteiger partial charge in [-0.3, -0.25) is 4.79 Å². The van der Waals surface area contributed by atoms with E-state index in [1.165, 1.54) is 6.92 Å². The summed E-state index contributed by atoms with van der Waals surface area (Å²) in [5, 5.41) is 5.57. The Bertz CT molecular complexity index is 476. The van der Waals surface area contributed by atoms with Crippen molar-refractivity contribution >= 4 is 23.3 Å². The molecule has 1 fully saturated rings. The third-order valence-corrected chi connectivity index (χ3v) is 3.53. The van der Waals surface area contributed by atoms with Crippen molar-refractivity contribution in [3.05, 3.63) is 24.3 Å². The number of urea groups is 1. The maximum absolute atomic E-state index is 12.1. The molecule has 1 heterocycles. The number of anilines is 2. The first-order valence-electron chi connectivity index (χ1n) is 6.98. The third kappa shape index (κ3) is 3.98. The Balaban J connectivity index is 1.89. The fraction of sp³-hybridized carbons (Fsp3) is 0.467. The van der Waals surface area contributed by atoms with E-state index in [1.54, 1.807) is 24.3 Å². The number of carbonyl (C=O) groups excluding carboxylic acids is 2. The zero-order valence-corrected chi connectivity index (χ0v) is 12.0. The Hall–Kier alpha value is -2.04. The van der Waals surface area contributed by atoms with Crippen molar-refractivity contribution in [3.63, 3.8) is 0 Å². The van der Waals surface area contributed by atoms with Crippen molar-refractivity contribution in [3.8, 4) is 0 Å². The highest BCUT2D eigenvalue weighted by atomic mass is 16.2. The summed E-state index contributed by atoms with van der Waals surface area (Å²) in [6.45, 7) is 5.32. The van der Waals surface area contributed by atoms with Crippen LogP contribution in [0.4, 0.5) is 16.2 Å². The van der Waals surface area contributed by atoms with E-state index in [1.807, 2.05) is 4.90 Å². The van der Waals surface area contributed by atoms with E-state index in [0.29, 0.717) is 5.92 Å². The van der Waals surface area contributed by atoms with Gasteiger partial charge in [-0.05, 0) is 43.0 Å². The van der Waals surface area contributed by atoms with Crippen LogP contribution in [0.5, 0.6) is 0 Å². The number of amides is 3. The molecule has 2 rings (SSSR count). The number of benzene rings is 1. The molecule has 0 radical (unpaired) electrons. The maximum atomic E-state index is 12.1. The van der Waals surface area contributed by atoms with Crippen LogP contribution in [-0.4, -0.2) is 29.9 Å². The molecular formula is C15H21N3O2. The summed E-state index contributed by atoms with van der Waals surface area (Å²) in [6.07, 6.45) is 2.13. The van der Waals surface area contributed by atoms with Crippen LogP contribution in [0.3, 0.4) is 0 Å². The summed E-state index contributed by atoms with van der Waals surface area (Å²) >= 11 is 0. The number of rotatable bonds is 2. The molecule has 0 spiro atoms. The van der Waals surface area contributed by atoms with E-state index in [0.717, 1.165) is 37.3 Å². The molecule has 3 amide bonds. The molecule has 1 aliphatic rings. The van der Waals surface area contributed by atoms with Crippen LogP contribution in [0.25, 0.3) is 0 Å². The van der Waals surface area contributed by atoms with Crippen LogP contribution in [-0.2, 0) is 4.79 Å². The van der Waals surface area contributed by atoms with Crippen molar-refractivity contribution in [1.82, 2.24) is 4.90 Å². The highest BCUT2D eigenvalue weighted by Gasteiger charge is 2.20. The fourth-order valence-corrected chi connectivity index (χ4v) is 2.25. The van der Waals surface area contributed by atoms with Crippen molar-refractivity contribution in [1.29, 1.82) is 0 Å². The number of carbonyl (C=O) groups is 2. The van der Waals surface area contributed by atoms with Gasteiger partial charge in [0, 0.05) is 31.4 Å². The van der Waals surface area contributed by atoms with Gasteiger partial charge in [-0.25, -0.2) is 4.79 Å². The number of likely N-dealkylation sites (tertiary alicyclic amines) is 1. The molecule has 0 aromatic heterocycles. The van der Waals surface area contributed by atoms with Crippen LogP contribution < -0.4 is 10.6 Å². The quantitative estimate of drug-likeness (QED) is 0.871. The van der Waals surface area contributed by atoms with Gasteiger partial charge < -0.3 is 15.5 Å². The van der Waals surface area contributed by atoms with Crippen LogP contribution in [0, 0.1) is 5.92 Å². The normalized spacial score (nSPS) is 15.8. The number of hydrogen-bond acceptors (Lipinski definition) is 2. The molecule has 1 saturated heterocycles. The predicted octanol–water partition coefficient (Wildman–Crippen LogP) is 2.91. The van der Waals surface area contributed by atoms with Gasteiger partial charge in [0.15, 0.2) is 0 Å². The molecule has 5 nitrogen and oxygen atoms in total. The largest absolute Gasteiger partial charge is 0.326 e. The van der Waals surface area contributed by atoms with Crippen molar-refractivity contribution in [2.45, 2.75) is 26.7 Å². The van der Waals surface area contributed by atoms with Crippen LogP contribution in [0.1, 0.15) is 26.7 Å². The average molecular weight is 275 g/mol. The number of nitrogens with zero attached hydrogens (tertiary/aromatic N) is 1. The number of hydrogen-bond donors (Lipinski definition) is 2. The Morgan fingerprint density at radius 1 is 1.05 bits per heavy atom. The zero-order valence-electron chi connectivity index (χ0n) is 12.0. The van der Waals surface area contributed by atoms with Crippen molar-refractivity contribution in [2.24, 2.45) is 5.92 Å². The summed E-state index contributed by atoms with van der Waals surface area (Å²) in [5.74, 6) is 0.597. The molecular weight excluding hydrogens is 254 g/mol. The minimum Gasteiger partial charge on any atom is -0.326 e. The topological polar surface area (TPSA) is 61.4 Å². The first kappa shape index (κ1) is 14.4. The molecule has 1 aliphatic heterocycles. The summed E-state index contributed by atoms with van der Waals surface area (Å²) in [6, 6.07) is 7.07. The van der Waals surface area contributed by atoms with Gasteiger partial charge in [0.05, 0.1) is 0 Å². The first-order chi connectivity index (χ1) is 9.54. The predicted molar refractivity (Wildman–Crippen MR) is 79.7 cm³/mol. The van der Waals surface area contributed by atoms with Crippen LogP contribution in [0.15, 0.2) is 24.3 Å². The van der Waals surface area contributed by atoms with E-state index < -0.39 is 0 Å². The Morgan fingerprint density at radius 2 is 1.55 bits per heavy atom. The SMILES string of the molecule is CC(=O)Nc1ccc(NC(=O)N2CCC(C)CC2)cc1. The standard InChI is InChI=1S/C15H21N3O2/c1-11-7-9-18(10-8-11)15(20)17-14-5-3-13(4-6-14)16-12(2)19/h3-6,11H,7-10H2,1-2H3,(H,16,19)(H,17,20).